The summed E-state index contributed by atoms with van der Waals surface area (Å²) < 4.78 is 0. The van der Waals surface area contributed by atoms with Gasteiger partial charge >= 0.3 is 6.03 Å². The molecule has 3 aliphatic rings. The van der Waals surface area contributed by atoms with Crippen molar-refractivity contribution >= 4 is 17.9 Å². The highest BCUT2D eigenvalue weighted by Crippen LogP contribution is 2.23. The van der Waals surface area contributed by atoms with E-state index in [2.05, 4.69) is 20.2 Å². The second kappa shape index (κ2) is 5.36. The van der Waals surface area contributed by atoms with Gasteiger partial charge in [-0.05, 0) is 12.8 Å². The second-order valence-corrected chi connectivity index (χ2v) is 6.35. The summed E-state index contributed by atoms with van der Waals surface area (Å²) in [6, 6.07) is 0.319. The van der Waals surface area contributed by atoms with Gasteiger partial charge in [0.05, 0.1) is 23.8 Å². The van der Waals surface area contributed by atoms with Gasteiger partial charge in [0.1, 0.15) is 0 Å². The zero-order valence-electron chi connectivity index (χ0n) is 13.2. The Morgan fingerprint density at radius 2 is 2.13 bits per heavy atom. The molecule has 2 saturated heterocycles. The number of aromatic nitrogens is 2. The van der Waals surface area contributed by atoms with Crippen LogP contribution >= 0.6 is 0 Å². The molecule has 2 fully saturated rings. The highest BCUT2D eigenvalue weighted by molar-refractivity contribution is 5.97. The number of carbonyl (C=O) groups is 2. The number of anilines is 1. The van der Waals surface area contributed by atoms with Crippen molar-refractivity contribution in [2.75, 3.05) is 38.1 Å². The fourth-order valence-corrected chi connectivity index (χ4v) is 3.54. The van der Waals surface area contributed by atoms with E-state index in [1.54, 1.807) is 11.1 Å². The van der Waals surface area contributed by atoms with Crippen molar-refractivity contribution in [1.82, 2.24) is 25.1 Å². The smallest absolute Gasteiger partial charge is 0.320 e. The first-order valence-corrected chi connectivity index (χ1v) is 8.04. The predicted octanol–water partition coefficient (Wildman–Crippen LogP) is 0.0562. The quantitative estimate of drug-likeness (QED) is 0.834. The van der Waals surface area contributed by atoms with Gasteiger partial charge in [-0.15, -0.1) is 0 Å². The summed E-state index contributed by atoms with van der Waals surface area (Å²) in [6.07, 6.45) is 3.63. The van der Waals surface area contributed by atoms with Gasteiger partial charge in [-0.25, -0.2) is 14.8 Å². The van der Waals surface area contributed by atoms with Crippen LogP contribution in [0.2, 0.25) is 0 Å². The first-order valence-electron chi connectivity index (χ1n) is 8.04. The fraction of sp³-hybridized carbons (Fsp3) is 0.600. The Morgan fingerprint density at radius 1 is 1.26 bits per heavy atom. The summed E-state index contributed by atoms with van der Waals surface area (Å²) in [5.41, 5.74) is 1.33. The average molecular weight is 316 g/mol. The molecule has 1 aromatic heterocycles. The molecule has 3 amide bonds. The van der Waals surface area contributed by atoms with Crippen molar-refractivity contribution in [1.29, 1.82) is 0 Å². The maximum absolute atomic E-state index is 12.2. The first-order chi connectivity index (χ1) is 11.1. The number of carbonyl (C=O) groups excluding carboxylic acids is 2. The molecule has 23 heavy (non-hydrogen) atoms. The molecule has 1 aromatic rings. The number of piperidine rings is 1. The molecule has 8 heteroatoms. The molecule has 122 valence electrons. The molecular weight excluding hydrogens is 296 g/mol. The normalized spacial score (nSPS) is 24.2. The predicted molar refractivity (Wildman–Crippen MR) is 83.2 cm³/mol. The number of urea groups is 1. The SMILES string of the molecule is CN1CCN([C@@H]2CCCN(c3ncc4c(n3)CNC4=O)C2)C1=O. The van der Waals surface area contributed by atoms with Crippen LogP contribution in [0.5, 0.6) is 0 Å². The number of amides is 3. The summed E-state index contributed by atoms with van der Waals surface area (Å²) in [5, 5.41) is 2.76. The number of nitrogens with one attached hydrogen (secondary N) is 1. The number of hydrogen-bond acceptors (Lipinski definition) is 5. The average Bonchev–Trinajstić information content (AvgIpc) is 3.11. The van der Waals surface area contributed by atoms with Crippen molar-refractivity contribution in [2.24, 2.45) is 0 Å². The largest absolute Gasteiger partial charge is 0.346 e. The van der Waals surface area contributed by atoms with Crippen molar-refractivity contribution in [3.8, 4) is 0 Å². The summed E-state index contributed by atoms with van der Waals surface area (Å²) in [4.78, 5) is 38.5. The van der Waals surface area contributed by atoms with Crippen LogP contribution in [0.1, 0.15) is 28.9 Å². The first kappa shape index (κ1) is 14.2. The summed E-state index contributed by atoms with van der Waals surface area (Å²) in [6.45, 7) is 3.68. The second-order valence-electron chi connectivity index (χ2n) is 6.35. The van der Waals surface area contributed by atoms with E-state index in [1.165, 1.54) is 0 Å². The van der Waals surface area contributed by atoms with E-state index in [1.807, 2.05) is 11.9 Å². The van der Waals surface area contributed by atoms with Crippen LogP contribution in [0, 0.1) is 0 Å². The van der Waals surface area contributed by atoms with Crippen LogP contribution in [0.4, 0.5) is 10.7 Å². The van der Waals surface area contributed by atoms with Crippen molar-refractivity contribution in [3.05, 3.63) is 17.5 Å². The minimum absolute atomic E-state index is 0.103. The van der Waals surface area contributed by atoms with Crippen LogP contribution in [0.15, 0.2) is 6.20 Å². The topological polar surface area (TPSA) is 81.7 Å². The third kappa shape index (κ3) is 2.38. The lowest BCUT2D eigenvalue weighted by Crippen LogP contribution is -2.49. The number of hydrogen-bond donors (Lipinski definition) is 1. The van der Waals surface area contributed by atoms with E-state index in [0.29, 0.717) is 18.1 Å². The zero-order valence-corrected chi connectivity index (χ0v) is 13.2. The van der Waals surface area contributed by atoms with Crippen molar-refractivity contribution in [3.63, 3.8) is 0 Å². The van der Waals surface area contributed by atoms with Gasteiger partial charge in [0.25, 0.3) is 5.91 Å². The van der Waals surface area contributed by atoms with Gasteiger partial charge < -0.3 is 20.0 Å². The molecule has 8 nitrogen and oxygen atoms in total. The van der Waals surface area contributed by atoms with E-state index < -0.39 is 0 Å². The summed E-state index contributed by atoms with van der Waals surface area (Å²) in [5.74, 6) is 0.554. The Labute approximate surface area is 134 Å². The van der Waals surface area contributed by atoms with Crippen LogP contribution in [0.25, 0.3) is 0 Å². The number of likely N-dealkylation sites (N-methyl/N-ethyl adjacent to an activating group) is 1. The van der Waals surface area contributed by atoms with Gasteiger partial charge in [-0.3, -0.25) is 4.79 Å². The zero-order chi connectivity index (χ0) is 16.0. The standard InChI is InChI=1S/C15H20N6O2/c1-19-5-6-21(15(19)23)10-3-2-4-20(9-10)14-17-7-11-12(18-14)8-16-13(11)22/h7,10H,2-6,8-9H2,1H3,(H,16,22)/t10-/m1/s1. The highest BCUT2D eigenvalue weighted by atomic mass is 16.2. The van der Waals surface area contributed by atoms with E-state index >= 15 is 0 Å². The van der Waals surface area contributed by atoms with Crippen LogP contribution in [-0.4, -0.2) is 71.0 Å². The van der Waals surface area contributed by atoms with Gasteiger partial charge in [0.15, 0.2) is 0 Å². The molecule has 3 aliphatic heterocycles. The maximum Gasteiger partial charge on any atom is 0.320 e. The Bertz CT molecular complexity index is 663. The van der Waals surface area contributed by atoms with E-state index in [9.17, 15) is 9.59 Å². The van der Waals surface area contributed by atoms with Gasteiger partial charge in [0, 0.05) is 39.4 Å². The van der Waals surface area contributed by atoms with Crippen LogP contribution < -0.4 is 10.2 Å². The third-order valence-corrected chi connectivity index (χ3v) is 4.88. The molecule has 0 saturated carbocycles. The van der Waals surface area contributed by atoms with Crippen LogP contribution in [-0.2, 0) is 6.54 Å². The lowest BCUT2D eigenvalue weighted by Gasteiger charge is -2.37. The molecule has 0 spiro atoms. The Kier molecular flexibility index (Phi) is 3.32. The molecular formula is C15H20N6O2. The molecule has 4 rings (SSSR count). The van der Waals surface area contributed by atoms with Gasteiger partial charge in [-0.2, -0.15) is 0 Å². The lowest BCUT2D eigenvalue weighted by atomic mass is 10.0. The number of fused-ring (bicyclic) bond motifs is 1. The Hall–Kier alpha value is -2.38. The Balaban J connectivity index is 1.52. The van der Waals surface area contributed by atoms with E-state index in [-0.39, 0.29) is 18.0 Å². The molecule has 0 unspecified atom stereocenters. The Morgan fingerprint density at radius 3 is 2.91 bits per heavy atom. The minimum atomic E-state index is -0.103. The third-order valence-electron chi connectivity index (χ3n) is 4.88. The lowest BCUT2D eigenvalue weighted by molar-refractivity contribution is 0.0965. The molecule has 0 aliphatic carbocycles. The number of rotatable bonds is 2. The van der Waals surface area contributed by atoms with Gasteiger partial charge in [0.2, 0.25) is 5.95 Å². The molecule has 1 N–H and O–H groups in total. The summed E-state index contributed by atoms with van der Waals surface area (Å²) >= 11 is 0. The molecule has 4 heterocycles. The minimum Gasteiger partial charge on any atom is -0.346 e. The van der Waals surface area contributed by atoms with Gasteiger partial charge in [-0.1, -0.05) is 0 Å². The van der Waals surface area contributed by atoms with Crippen molar-refractivity contribution in [2.45, 2.75) is 25.4 Å². The molecule has 0 aromatic carbocycles. The van der Waals surface area contributed by atoms with Crippen molar-refractivity contribution < 1.29 is 9.59 Å². The maximum atomic E-state index is 12.2. The fourth-order valence-electron chi connectivity index (χ4n) is 3.54. The molecule has 0 radical (unpaired) electrons. The highest BCUT2D eigenvalue weighted by Gasteiger charge is 2.35. The summed E-state index contributed by atoms with van der Waals surface area (Å²) in [7, 11) is 1.84. The van der Waals surface area contributed by atoms with Crippen LogP contribution in [0.3, 0.4) is 0 Å². The molecule has 1 atom stereocenters. The number of nitrogens with zero attached hydrogens (tertiary/aromatic N) is 5. The van der Waals surface area contributed by atoms with E-state index in [0.717, 1.165) is 44.7 Å². The van der Waals surface area contributed by atoms with E-state index in [4.69, 9.17) is 0 Å². The monoisotopic (exact) mass is 316 g/mol. The molecule has 0 bridgehead atoms.